The maximum atomic E-state index is 14.8. The van der Waals surface area contributed by atoms with Gasteiger partial charge in [0.05, 0.1) is 83.6 Å². The highest BCUT2D eigenvalue weighted by Crippen LogP contribution is 2.62. The van der Waals surface area contributed by atoms with Gasteiger partial charge in [0.25, 0.3) is 20.0 Å². The van der Waals surface area contributed by atoms with E-state index in [1.807, 2.05) is 167 Å². The smallest absolute Gasteiger partial charge is 0.341 e. The first-order valence-corrected chi connectivity index (χ1v) is 40.7. The molecular weight excluding hydrogens is 1550 g/mol. The van der Waals surface area contributed by atoms with E-state index in [2.05, 4.69) is 26.4 Å². The maximum absolute atomic E-state index is 14.8. The van der Waals surface area contributed by atoms with Crippen molar-refractivity contribution in [1.29, 1.82) is 5.26 Å². The first-order valence-electron chi connectivity index (χ1n) is 38.8. The van der Waals surface area contributed by atoms with Crippen LogP contribution in [0, 0.1) is 22.2 Å². The van der Waals surface area contributed by atoms with E-state index in [9.17, 15) is 38.8 Å². The molecule has 0 aliphatic carbocycles. The van der Waals surface area contributed by atoms with Crippen molar-refractivity contribution in [2.24, 2.45) is 10.8 Å². The second-order valence-electron chi connectivity index (χ2n) is 31.2. The Hall–Kier alpha value is -10.8. The Kier molecular flexibility index (Phi) is 26.9. The number of nitriles is 1. The lowest BCUT2D eigenvalue weighted by atomic mass is 9.75. The number of aromatic nitrogens is 2. The van der Waals surface area contributed by atoms with Crippen molar-refractivity contribution in [3.05, 3.63) is 263 Å². The zero-order valence-electron chi connectivity index (χ0n) is 67.3. The number of methoxy groups -OCH3 is 2. The van der Waals surface area contributed by atoms with Crippen LogP contribution in [-0.4, -0.2) is 109 Å². The van der Waals surface area contributed by atoms with Gasteiger partial charge in [-0.15, -0.1) is 0 Å². The molecule has 1 fully saturated rings. The van der Waals surface area contributed by atoms with E-state index in [1.165, 1.54) is 35.0 Å². The van der Waals surface area contributed by atoms with Crippen molar-refractivity contribution in [2.45, 2.75) is 149 Å². The number of fused-ring (bicyclic) bond motifs is 6. The molecule has 1 saturated heterocycles. The van der Waals surface area contributed by atoms with E-state index in [4.69, 9.17) is 70.1 Å². The number of amides is 2. The van der Waals surface area contributed by atoms with Crippen LogP contribution in [0.2, 0.25) is 10.0 Å². The first kappa shape index (κ1) is 85.6. The number of esters is 3. The molecule has 0 bridgehead atoms. The SMILES string of the molecule is COc1ccc(C(OC[C@H]2OC(n3cc(/C=C/CNC(=O)CCCCCNC(=O)c4cc(Cl)c5c(c4Cl)C4(OC5=O)c5cc(-c6ccccc6)c(OC(=O)C(C)(C)C)cc5Oc5cc(OC(=O)C(C)(C)C)c(-c6ccccc6)cc54)c(=O)[nH]c3=O)C[C@@H]2OP(OCCC#N)N(C(C)C)C(C)C)(c2ccccc2)c2ccc(OC)cc2)cc1. The van der Waals surface area contributed by atoms with Gasteiger partial charge in [-0.2, -0.15) is 5.26 Å². The molecule has 0 radical (unpaired) electrons. The predicted molar refractivity (Wildman–Crippen MR) is 447 cm³/mol. The van der Waals surface area contributed by atoms with Gasteiger partial charge in [0.2, 0.25) is 5.91 Å². The monoisotopic (exact) mass is 1640 g/mol. The van der Waals surface area contributed by atoms with Crippen LogP contribution < -0.4 is 45.6 Å². The minimum Gasteiger partial charge on any atom is -0.497 e. The van der Waals surface area contributed by atoms with Crippen molar-refractivity contribution in [2.75, 3.05) is 40.5 Å². The lowest BCUT2D eigenvalue weighted by Gasteiger charge is -2.39. The number of ether oxygens (including phenoxy) is 8. The number of carbonyl (C=O) groups is 5. The molecule has 3 N–H and O–H groups in total. The van der Waals surface area contributed by atoms with Crippen LogP contribution >= 0.6 is 31.7 Å². The fraction of sp³-hybridized carbons (Fsp3) is 0.341. The van der Waals surface area contributed by atoms with Crippen LogP contribution in [0.25, 0.3) is 28.3 Å². The summed E-state index contributed by atoms with van der Waals surface area (Å²) in [6.07, 6.45) is 3.62. The molecule has 4 atom stereocenters. The van der Waals surface area contributed by atoms with E-state index in [1.54, 1.807) is 74.0 Å². The van der Waals surface area contributed by atoms with E-state index in [0.29, 0.717) is 53.0 Å². The fourth-order valence-corrected chi connectivity index (χ4v) is 16.8. The van der Waals surface area contributed by atoms with E-state index in [0.717, 1.165) is 16.7 Å². The molecule has 3 aliphatic heterocycles. The van der Waals surface area contributed by atoms with E-state index >= 15 is 0 Å². The molecule has 26 heteroatoms. The predicted octanol–water partition coefficient (Wildman–Crippen LogP) is 17.7. The summed E-state index contributed by atoms with van der Waals surface area (Å²) in [5.41, 5.74) is -1.70. The Morgan fingerprint density at radius 1 is 0.709 bits per heavy atom. The quantitative estimate of drug-likeness (QED) is 0.0120. The Morgan fingerprint density at radius 3 is 1.77 bits per heavy atom. The molecule has 8 aromatic carbocycles. The summed E-state index contributed by atoms with van der Waals surface area (Å²) in [5.74, 6) is -1.18. The normalized spacial score (nSPS) is 15.8. The minimum atomic E-state index is -2.03. The number of aromatic amines is 1. The molecule has 23 nitrogen and oxygen atoms in total. The van der Waals surface area contributed by atoms with Gasteiger partial charge in [-0.05, 0) is 152 Å². The average Bonchev–Trinajstić information content (AvgIpc) is 1.55. The Labute approximate surface area is 691 Å². The molecule has 4 heterocycles. The highest BCUT2D eigenvalue weighted by molar-refractivity contribution is 7.44. The number of halogens is 2. The molecule has 1 aromatic heterocycles. The third kappa shape index (κ3) is 18.6. The van der Waals surface area contributed by atoms with Crippen LogP contribution in [-0.2, 0) is 48.8 Å². The third-order valence-corrected chi connectivity index (χ3v) is 23.1. The molecular formula is C91H95Cl2N6O17P. The zero-order valence-corrected chi connectivity index (χ0v) is 69.7. The number of hydrogen-bond acceptors (Lipinski definition) is 19. The minimum absolute atomic E-state index is 0.0300. The first-order chi connectivity index (χ1) is 56.0. The number of rotatable bonds is 31. The molecule has 9 aromatic rings. The zero-order chi connectivity index (χ0) is 83.7. The summed E-state index contributed by atoms with van der Waals surface area (Å²) in [6, 6.07) is 53.2. The average molecular weight is 1650 g/mol. The van der Waals surface area contributed by atoms with Gasteiger partial charge in [-0.25, -0.2) is 14.3 Å². The Bertz CT molecular complexity index is 5160. The van der Waals surface area contributed by atoms with Gasteiger partial charge in [-0.3, -0.25) is 33.5 Å². The van der Waals surface area contributed by atoms with Crippen molar-refractivity contribution < 1.29 is 70.9 Å². The summed E-state index contributed by atoms with van der Waals surface area (Å²) in [7, 11) is 1.36. The highest BCUT2D eigenvalue weighted by Gasteiger charge is 2.58. The summed E-state index contributed by atoms with van der Waals surface area (Å²) < 4.78 is 68.3. The lowest BCUT2D eigenvalue weighted by molar-refractivity contribution is -0.143. The Balaban J connectivity index is 0.751. The molecule has 610 valence electrons. The van der Waals surface area contributed by atoms with Gasteiger partial charge < -0.3 is 57.6 Å². The van der Waals surface area contributed by atoms with Crippen molar-refractivity contribution in [3.63, 3.8) is 0 Å². The maximum Gasteiger partial charge on any atom is 0.341 e. The van der Waals surface area contributed by atoms with Gasteiger partial charge in [-0.1, -0.05) is 157 Å². The third-order valence-electron chi connectivity index (χ3n) is 20.3. The van der Waals surface area contributed by atoms with Crippen LogP contribution in [0.3, 0.4) is 0 Å². The molecule has 12 rings (SSSR count). The number of unbranched alkanes of at least 4 members (excludes halogenated alkanes) is 2. The summed E-state index contributed by atoms with van der Waals surface area (Å²) in [4.78, 5) is 101. The van der Waals surface area contributed by atoms with Crippen molar-refractivity contribution >= 4 is 67.5 Å². The lowest BCUT2D eigenvalue weighted by Crippen LogP contribution is -2.39. The second-order valence-corrected chi connectivity index (χ2v) is 33.4. The molecule has 2 unspecified atom stereocenters. The van der Waals surface area contributed by atoms with Crippen molar-refractivity contribution in [1.82, 2.24) is 24.9 Å². The number of H-pyrrole nitrogens is 1. The largest absolute Gasteiger partial charge is 0.497 e. The van der Waals surface area contributed by atoms with Crippen LogP contribution in [0.1, 0.15) is 174 Å². The summed E-state index contributed by atoms with van der Waals surface area (Å²) >= 11 is 14.7. The molecule has 2 amide bonds. The summed E-state index contributed by atoms with van der Waals surface area (Å²) in [6.45, 7) is 18.7. The molecule has 117 heavy (non-hydrogen) atoms. The number of benzene rings is 8. The standard InChI is InChI=1S/C91H95Cl2N6O17P/c1-55(2)99(56(3)4)117(110-46-26-43-94)116-75-52-78(112-76(75)54-109-90(60-32-21-15-22-33-60,61-35-39-63(107-11)40-36-61)62-37-41-64(108-12)42-38-62)98-53-59(82(101)97-87(98)106)31-25-45-95-77(100)34-23-16-24-44-96-83(102)67-49-70(92)79-80(81(67)93)91(115-84(79)103)68-47-65(57-27-17-13-18-28-57)71(113-85(104)88(5,6)7)50-73(68)111-74-51-72(114-86(105)89(8,9)10)66(48-69(74)91)58-29-19-14-20-30-58/h13-15,17-22,25,27-33,35-42,47-51,53,55-56,75-76,78H,16,23-24,26,34,44-46,52,54H2,1-12H3,(H,95,100)(H,96,102)(H,97,101,106)/b31-25+/t75-,76+,78?,117?/m0/s1. The number of carbonyl (C=O) groups excluding carboxylic acids is 5. The van der Waals surface area contributed by atoms with Crippen LogP contribution in [0.4, 0.5) is 0 Å². The number of nitrogens with zero attached hydrogens (tertiary/aromatic N) is 3. The molecule has 0 saturated carbocycles. The molecule has 1 spiro atoms. The van der Waals surface area contributed by atoms with Gasteiger partial charge in [0.15, 0.2) is 5.60 Å². The summed E-state index contributed by atoms with van der Waals surface area (Å²) in [5, 5.41) is 15.1. The van der Waals surface area contributed by atoms with Gasteiger partial charge >= 0.3 is 23.6 Å². The number of hydrogen-bond donors (Lipinski definition) is 3. The van der Waals surface area contributed by atoms with E-state index in [-0.39, 0.29) is 130 Å². The highest BCUT2D eigenvalue weighted by atomic mass is 35.5. The number of nitrogens with one attached hydrogen (secondary N) is 3. The van der Waals surface area contributed by atoms with Gasteiger partial charge in [0, 0.05) is 84.2 Å². The molecule has 3 aliphatic rings. The Morgan fingerprint density at radius 2 is 1.25 bits per heavy atom. The topological polar surface area (TPSA) is 284 Å². The second kappa shape index (κ2) is 36.8. The fourth-order valence-electron chi connectivity index (χ4n) is 14.4. The van der Waals surface area contributed by atoms with Crippen LogP contribution in [0.15, 0.2) is 192 Å². The van der Waals surface area contributed by atoms with Crippen molar-refractivity contribution in [3.8, 4) is 62.8 Å². The van der Waals surface area contributed by atoms with Gasteiger partial charge in [0.1, 0.15) is 52.4 Å². The van der Waals surface area contributed by atoms with Crippen LogP contribution in [0.5, 0.6) is 34.5 Å². The van der Waals surface area contributed by atoms with E-state index < -0.39 is 84.1 Å².